The van der Waals surface area contributed by atoms with Crippen LogP contribution in [0.1, 0.15) is 42.2 Å². The Bertz CT molecular complexity index is 796. The van der Waals surface area contributed by atoms with Crippen LogP contribution >= 0.6 is 0 Å². The predicted molar refractivity (Wildman–Crippen MR) is 94.8 cm³/mol. The summed E-state index contributed by atoms with van der Waals surface area (Å²) in [7, 11) is 1.71. The summed E-state index contributed by atoms with van der Waals surface area (Å²) in [6.07, 6.45) is 8.38. The topological polar surface area (TPSA) is 95.9 Å². The molecule has 0 unspecified atom stereocenters. The first-order valence-electron chi connectivity index (χ1n) is 8.69. The maximum atomic E-state index is 12.6. The predicted octanol–water partition coefficient (Wildman–Crippen LogP) is 0.855. The fraction of sp³-hybridized carbons (Fsp3) is 0.529. The third kappa shape index (κ3) is 3.72. The van der Waals surface area contributed by atoms with Gasteiger partial charge >= 0.3 is 0 Å². The molecule has 3 rings (SSSR count). The lowest BCUT2D eigenvalue weighted by molar-refractivity contribution is 0.0932. The molecular formula is C17H24N6O2. The van der Waals surface area contributed by atoms with Crippen molar-refractivity contribution in [2.45, 2.75) is 38.6 Å². The Morgan fingerprint density at radius 3 is 3.12 bits per heavy atom. The van der Waals surface area contributed by atoms with E-state index in [9.17, 15) is 9.59 Å². The lowest BCUT2D eigenvalue weighted by atomic mass is 10.0. The van der Waals surface area contributed by atoms with Gasteiger partial charge in [-0.3, -0.25) is 14.7 Å². The molecule has 1 amide bonds. The van der Waals surface area contributed by atoms with Crippen molar-refractivity contribution in [3.8, 4) is 0 Å². The number of aromatic nitrogens is 4. The summed E-state index contributed by atoms with van der Waals surface area (Å²) in [4.78, 5) is 31.0. The fourth-order valence-electron chi connectivity index (χ4n) is 3.20. The van der Waals surface area contributed by atoms with E-state index < -0.39 is 0 Å². The number of piperidine rings is 1. The molecule has 1 saturated heterocycles. The molecule has 1 fully saturated rings. The van der Waals surface area contributed by atoms with Crippen LogP contribution in [0.5, 0.6) is 0 Å². The van der Waals surface area contributed by atoms with Crippen LogP contribution in [-0.2, 0) is 13.5 Å². The molecule has 8 nitrogen and oxygen atoms in total. The van der Waals surface area contributed by atoms with Crippen molar-refractivity contribution in [2.75, 3.05) is 18.0 Å². The maximum Gasteiger partial charge on any atom is 0.293 e. The Kier molecular flexibility index (Phi) is 5.16. The molecular weight excluding hydrogens is 320 g/mol. The Morgan fingerprint density at radius 2 is 2.32 bits per heavy atom. The summed E-state index contributed by atoms with van der Waals surface area (Å²) < 4.78 is 1.52. The minimum absolute atomic E-state index is 0.0164. The molecule has 0 aliphatic carbocycles. The van der Waals surface area contributed by atoms with Gasteiger partial charge < -0.3 is 14.8 Å². The van der Waals surface area contributed by atoms with E-state index in [-0.39, 0.29) is 17.5 Å². The molecule has 1 aliphatic rings. The minimum atomic E-state index is -0.116. The van der Waals surface area contributed by atoms with E-state index in [1.807, 2.05) is 4.90 Å². The lowest BCUT2D eigenvalue weighted by Gasteiger charge is -2.33. The first-order chi connectivity index (χ1) is 12.1. The number of rotatable bonds is 5. The molecule has 0 aromatic carbocycles. The Morgan fingerprint density at radius 1 is 1.48 bits per heavy atom. The van der Waals surface area contributed by atoms with Gasteiger partial charge in [-0.2, -0.15) is 5.10 Å². The standard InChI is InChI=1S/C17H24N6O2/c1-3-5-14-13(10-19-21-14)16(24)20-12-6-4-8-23(11-12)15-17(25)22(2)9-7-18-15/h7,9-10,12H,3-6,8,11H2,1-2H3,(H,19,21)(H,20,24)/t12-/m0/s1. The number of aromatic amines is 1. The monoisotopic (exact) mass is 344 g/mol. The summed E-state index contributed by atoms with van der Waals surface area (Å²) >= 11 is 0. The molecule has 0 bridgehead atoms. The van der Waals surface area contributed by atoms with Crippen molar-refractivity contribution >= 4 is 11.7 Å². The van der Waals surface area contributed by atoms with Crippen molar-refractivity contribution in [3.63, 3.8) is 0 Å². The first kappa shape index (κ1) is 17.2. The zero-order valence-corrected chi connectivity index (χ0v) is 14.7. The summed E-state index contributed by atoms with van der Waals surface area (Å²) in [6, 6.07) is -0.0164. The largest absolute Gasteiger partial charge is 0.350 e. The highest BCUT2D eigenvalue weighted by Gasteiger charge is 2.25. The van der Waals surface area contributed by atoms with Crippen LogP contribution in [0.25, 0.3) is 0 Å². The smallest absolute Gasteiger partial charge is 0.293 e. The summed E-state index contributed by atoms with van der Waals surface area (Å²) in [5.74, 6) is 0.330. The molecule has 2 aromatic heterocycles. The van der Waals surface area contributed by atoms with Crippen LogP contribution in [0, 0.1) is 0 Å². The number of hydrogen-bond acceptors (Lipinski definition) is 5. The van der Waals surface area contributed by atoms with Crippen molar-refractivity contribution in [1.29, 1.82) is 0 Å². The number of carbonyl (C=O) groups is 1. The Hall–Kier alpha value is -2.64. The molecule has 134 valence electrons. The molecule has 1 aliphatic heterocycles. The van der Waals surface area contributed by atoms with E-state index in [0.717, 1.165) is 37.9 Å². The van der Waals surface area contributed by atoms with Crippen molar-refractivity contribution in [1.82, 2.24) is 25.1 Å². The van der Waals surface area contributed by atoms with Gasteiger partial charge in [0.2, 0.25) is 0 Å². The quantitative estimate of drug-likeness (QED) is 0.838. The Balaban J connectivity index is 1.69. The van der Waals surface area contributed by atoms with Crippen LogP contribution in [0.3, 0.4) is 0 Å². The second kappa shape index (κ2) is 7.50. The highest BCUT2D eigenvalue weighted by atomic mass is 16.2. The van der Waals surface area contributed by atoms with Gasteiger partial charge in [-0.15, -0.1) is 0 Å². The molecule has 0 saturated carbocycles. The zero-order valence-electron chi connectivity index (χ0n) is 14.7. The third-order valence-corrected chi connectivity index (χ3v) is 4.52. The maximum absolute atomic E-state index is 12.6. The molecule has 2 aromatic rings. The fourth-order valence-corrected chi connectivity index (χ4v) is 3.20. The van der Waals surface area contributed by atoms with E-state index in [4.69, 9.17) is 0 Å². The first-order valence-corrected chi connectivity index (χ1v) is 8.69. The molecule has 3 heterocycles. The highest BCUT2D eigenvalue weighted by Crippen LogP contribution is 2.16. The number of hydrogen-bond donors (Lipinski definition) is 2. The van der Waals surface area contributed by atoms with E-state index >= 15 is 0 Å². The summed E-state index contributed by atoms with van der Waals surface area (Å²) in [5, 5.41) is 9.96. The molecule has 8 heteroatoms. The SMILES string of the molecule is CCCc1[nH]ncc1C(=O)N[C@H]1CCCN(c2nccn(C)c2=O)C1. The number of nitrogens with one attached hydrogen (secondary N) is 2. The molecule has 25 heavy (non-hydrogen) atoms. The van der Waals surface area contributed by atoms with Crippen molar-refractivity contribution in [3.05, 3.63) is 40.2 Å². The van der Waals surface area contributed by atoms with Crippen LogP contribution in [-0.4, -0.2) is 44.8 Å². The number of amides is 1. The summed E-state index contributed by atoms with van der Waals surface area (Å²) in [5.41, 5.74) is 1.36. The van der Waals surface area contributed by atoms with E-state index in [2.05, 4.69) is 27.4 Å². The van der Waals surface area contributed by atoms with Crippen LogP contribution in [0.2, 0.25) is 0 Å². The molecule has 1 atom stereocenters. The molecule has 0 radical (unpaired) electrons. The average molecular weight is 344 g/mol. The van der Waals surface area contributed by atoms with Crippen LogP contribution < -0.4 is 15.8 Å². The van der Waals surface area contributed by atoms with Gasteiger partial charge in [0.1, 0.15) is 0 Å². The van der Waals surface area contributed by atoms with Crippen molar-refractivity contribution < 1.29 is 4.79 Å². The van der Waals surface area contributed by atoms with E-state index in [0.29, 0.717) is 17.9 Å². The van der Waals surface area contributed by atoms with Gasteiger partial charge in [0.15, 0.2) is 5.82 Å². The van der Waals surface area contributed by atoms with Crippen LogP contribution in [0.4, 0.5) is 5.82 Å². The van der Waals surface area contributed by atoms with Crippen molar-refractivity contribution in [2.24, 2.45) is 7.05 Å². The average Bonchev–Trinajstić information content (AvgIpc) is 3.06. The number of nitrogens with zero attached hydrogens (tertiary/aromatic N) is 4. The molecule has 2 N–H and O–H groups in total. The second-order valence-corrected chi connectivity index (χ2v) is 6.44. The molecule has 0 spiro atoms. The number of carbonyl (C=O) groups excluding carboxylic acids is 1. The number of aryl methyl sites for hydroxylation is 2. The lowest BCUT2D eigenvalue weighted by Crippen LogP contribution is -2.49. The zero-order chi connectivity index (χ0) is 17.8. The third-order valence-electron chi connectivity index (χ3n) is 4.52. The number of anilines is 1. The highest BCUT2D eigenvalue weighted by molar-refractivity contribution is 5.95. The normalized spacial score (nSPS) is 17.5. The van der Waals surface area contributed by atoms with Gasteiger partial charge in [-0.05, 0) is 19.3 Å². The van der Waals surface area contributed by atoms with Gasteiger partial charge in [-0.25, -0.2) is 4.98 Å². The Labute approximate surface area is 146 Å². The van der Waals surface area contributed by atoms with E-state index in [1.165, 1.54) is 4.57 Å². The van der Waals surface area contributed by atoms with Gasteiger partial charge in [0.05, 0.1) is 11.8 Å². The van der Waals surface area contributed by atoms with Gasteiger partial charge in [0.25, 0.3) is 11.5 Å². The van der Waals surface area contributed by atoms with E-state index in [1.54, 1.807) is 25.6 Å². The second-order valence-electron chi connectivity index (χ2n) is 6.44. The van der Waals surface area contributed by atoms with Crippen LogP contribution in [0.15, 0.2) is 23.4 Å². The number of H-pyrrole nitrogens is 1. The summed E-state index contributed by atoms with van der Waals surface area (Å²) in [6.45, 7) is 3.42. The van der Waals surface area contributed by atoms with Gasteiger partial charge in [0, 0.05) is 44.3 Å². The van der Waals surface area contributed by atoms with Gasteiger partial charge in [-0.1, -0.05) is 13.3 Å². The minimum Gasteiger partial charge on any atom is -0.350 e.